The molecule has 0 unspecified atom stereocenters. The topological polar surface area (TPSA) is 0 Å². The Morgan fingerprint density at radius 3 is 1.32 bits per heavy atom. The molecule has 0 aliphatic carbocycles. The summed E-state index contributed by atoms with van der Waals surface area (Å²) in [4.78, 5) is 0. The second-order valence-corrected chi connectivity index (χ2v) is 2.41. The Kier molecular flexibility index (Phi) is 11.4. The first-order valence-electron chi connectivity index (χ1n) is 4.99. The van der Waals surface area contributed by atoms with Crippen LogP contribution in [0.2, 0.25) is 0 Å². The highest BCUT2D eigenvalue weighted by Crippen LogP contribution is 1.63. The molecule has 0 heteroatoms. The van der Waals surface area contributed by atoms with Crippen molar-refractivity contribution in [1.82, 2.24) is 0 Å². The zero-order valence-corrected chi connectivity index (χ0v) is 10.2. The fourth-order valence-corrected chi connectivity index (χ4v) is 0.541. The highest BCUT2D eigenvalue weighted by atomic mass is 13.6. The minimum absolute atomic E-state index is 1.70. The van der Waals surface area contributed by atoms with Gasteiger partial charge in [-0.05, 0) is 95.9 Å². The SMILES string of the molecule is C#CC#CC#CC#CC#CC#CC#CC#CC=CC. The number of terminal acetylenes is 1. The lowest BCUT2D eigenvalue weighted by Crippen LogP contribution is -1.56. The second-order valence-electron chi connectivity index (χ2n) is 2.41. The molecule has 0 aliphatic rings. The van der Waals surface area contributed by atoms with Crippen molar-refractivity contribution in [3.05, 3.63) is 12.2 Å². The molecule has 0 saturated carbocycles. The van der Waals surface area contributed by atoms with E-state index in [0.29, 0.717) is 0 Å². The lowest BCUT2D eigenvalue weighted by atomic mass is 10.4. The van der Waals surface area contributed by atoms with Crippen LogP contribution in [0.15, 0.2) is 12.2 Å². The summed E-state index contributed by atoms with van der Waals surface area (Å²) in [5.74, 6) is 37.2. The first kappa shape index (κ1) is 15.2. The van der Waals surface area contributed by atoms with Crippen LogP contribution in [0, 0.1) is 95.2 Å². The zero-order valence-electron chi connectivity index (χ0n) is 10.2. The highest BCUT2D eigenvalue weighted by Gasteiger charge is 1.57. The molecule has 0 amide bonds. The van der Waals surface area contributed by atoms with Crippen LogP contribution < -0.4 is 0 Å². The van der Waals surface area contributed by atoms with Gasteiger partial charge in [-0.1, -0.05) is 12.0 Å². The molecule has 0 aromatic rings. The fraction of sp³-hybridized carbons (Fsp3) is 0.0526. The Bertz CT molecular complexity index is 806. The fourth-order valence-electron chi connectivity index (χ4n) is 0.541. The van der Waals surface area contributed by atoms with Crippen LogP contribution in [0.25, 0.3) is 0 Å². The van der Waals surface area contributed by atoms with Gasteiger partial charge in [-0.2, -0.15) is 0 Å². The summed E-state index contributed by atoms with van der Waals surface area (Å²) in [5.41, 5.74) is 0. The van der Waals surface area contributed by atoms with Crippen molar-refractivity contribution >= 4 is 0 Å². The molecule has 82 valence electrons. The lowest BCUT2D eigenvalue weighted by molar-refractivity contribution is 1.76. The van der Waals surface area contributed by atoms with E-state index >= 15 is 0 Å². The predicted molar refractivity (Wildman–Crippen MR) is 78.1 cm³/mol. The van der Waals surface area contributed by atoms with Gasteiger partial charge in [0.15, 0.2) is 0 Å². The summed E-state index contributed by atoms with van der Waals surface area (Å²) in [7, 11) is 0. The van der Waals surface area contributed by atoms with Crippen LogP contribution in [-0.4, -0.2) is 0 Å². The Morgan fingerprint density at radius 2 is 0.947 bits per heavy atom. The Morgan fingerprint density at radius 1 is 0.579 bits per heavy atom. The molecule has 0 atom stereocenters. The van der Waals surface area contributed by atoms with Crippen molar-refractivity contribution in [2.24, 2.45) is 0 Å². The molecule has 19 heavy (non-hydrogen) atoms. The normalized spacial score (nSPS) is 5.05. The first-order valence-corrected chi connectivity index (χ1v) is 4.99. The number of hydrogen-bond acceptors (Lipinski definition) is 0. The molecule has 0 aromatic heterocycles. The number of allylic oxidation sites excluding steroid dienone is 2. The van der Waals surface area contributed by atoms with E-state index < -0.39 is 0 Å². The molecule has 0 aliphatic heterocycles. The zero-order chi connectivity index (χ0) is 14.0. The number of hydrogen-bond donors (Lipinski definition) is 0. The van der Waals surface area contributed by atoms with Gasteiger partial charge in [0.05, 0.1) is 0 Å². The van der Waals surface area contributed by atoms with Crippen LogP contribution in [0.4, 0.5) is 0 Å². The molecule has 0 radical (unpaired) electrons. The average molecular weight is 234 g/mol. The molecule has 0 rings (SSSR count). The van der Waals surface area contributed by atoms with Gasteiger partial charge < -0.3 is 0 Å². The van der Waals surface area contributed by atoms with Crippen molar-refractivity contribution in [2.75, 3.05) is 0 Å². The van der Waals surface area contributed by atoms with E-state index in [0.717, 1.165) is 0 Å². The van der Waals surface area contributed by atoms with Crippen molar-refractivity contribution in [3.8, 4) is 95.2 Å². The Hall–Kier alpha value is -3.78. The van der Waals surface area contributed by atoms with Gasteiger partial charge in [-0.3, -0.25) is 0 Å². The second kappa shape index (κ2) is 14.2. The van der Waals surface area contributed by atoms with Gasteiger partial charge >= 0.3 is 0 Å². The van der Waals surface area contributed by atoms with E-state index in [-0.39, 0.29) is 0 Å². The summed E-state index contributed by atoms with van der Waals surface area (Å²) < 4.78 is 0. The van der Waals surface area contributed by atoms with Gasteiger partial charge in [0.2, 0.25) is 0 Å². The minimum atomic E-state index is 1.70. The molecule has 0 bridgehead atoms. The molecule has 0 heterocycles. The van der Waals surface area contributed by atoms with Crippen molar-refractivity contribution in [1.29, 1.82) is 0 Å². The van der Waals surface area contributed by atoms with E-state index in [1.165, 1.54) is 0 Å². The van der Waals surface area contributed by atoms with Gasteiger partial charge in [0.1, 0.15) is 0 Å². The standard InChI is InChI=1S/C19H6/c1-3-5-7-9-11-13-15-17-19-18-16-14-12-10-8-6-4-2/h1,4,6H,2H3. The molecular weight excluding hydrogens is 228 g/mol. The van der Waals surface area contributed by atoms with Crippen LogP contribution in [0.5, 0.6) is 0 Å². The maximum Gasteiger partial charge on any atom is -0.0000000000000163 e. The van der Waals surface area contributed by atoms with Gasteiger partial charge in [-0.25, -0.2) is 0 Å². The summed E-state index contributed by atoms with van der Waals surface area (Å²) in [6.07, 6.45) is 8.42. The molecule has 0 saturated heterocycles. The van der Waals surface area contributed by atoms with E-state index in [1.54, 1.807) is 6.08 Å². The predicted octanol–water partition coefficient (Wildman–Crippen LogP) is 1.22. The van der Waals surface area contributed by atoms with Gasteiger partial charge in [0, 0.05) is 0 Å². The van der Waals surface area contributed by atoms with Crippen LogP contribution in [0.3, 0.4) is 0 Å². The molecule has 0 fully saturated rings. The van der Waals surface area contributed by atoms with Crippen molar-refractivity contribution < 1.29 is 0 Å². The first-order chi connectivity index (χ1) is 9.41. The largest absolute Gasteiger partial charge is 0.106 e. The minimum Gasteiger partial charge on any atom is -0.106 e. The van der Waals surface area contributed by atoms with E-state index in [1.807, 2.05) is 13.0 Å². The summed E-state index contributed by atoms with van der Waals surface area (Å²) in [6, 6.07) is 0. The van der Waals surface area contributed by atoms with Crippen LogP contribution in [0.1, 0.15) is 6.92 Å². The third kappa shape index (κ3) is 14.2. The smallest absolute Gasteiger partial charge is 0.0000000000000163 e. The van der Waals surface area contributed by atoms with E-state index in [4.69, 9.17) is 6.42 Å². The third-order valence-corrected chi connectivity index (χ3v) is 1.14. The lowest BCUT2D eigenvalue weighted by Gasteiger charge is -1.58. The van der Waals surface area contributed by atoms with Gasteiger partial charge in [-0.15, -0.1) is 6.42 Å². The van der Waals surface area contributed by atoms with Gasteiger partial charge in [0.25, 0.3) is 0 Å². The van der Waals surface area contributed by atoms with Crippen LogP contribution in [-0.2, 0) is 0 Å². The molecule has 0 aromatic carbocycles. The monoisotopic (exact) mass is 234 g/mol. The number of rotatable bonds is 0. The molecule has 0 nitrogen and oxygen atoms in total. The third-order valence-electron chi connectivity index (χ3n) is 1.14. The quantitative estimate of drug-likeness (QED) is 0.553. The van der Waals surface area contributed by atoms with Crippen molar-refractivity contribution in [3.63, 3.8) is 0 Å². The Labute approximate surface area is 115 Å². The van der Waals surface area contributed by atoms with E-state index in [9.17, 15) is 0 Å². The summed E-state index contributed by atoms with van der Waals surface area (Å²) >= 11 is 0. The molecule has 0 spiro atoms. The van der Waals surface area contributed by atoms with Crippen LogP contribution >= 0.6 is 0 Å². The molecule has 0 N–H and O–H groups in total. The summed E-state index contributed by atoms with van der Waals surface area (Å²) in [6.45, 7) is 1.88. The summed E-state index contributed by atoms with van der Waals surface area (Å²) in [5, 5.41) is 0. The highest BCUT2D eigenvalue weighted by molar-refractivity contribution is 5.45. The van der Waals surface area contributed by atoms with E-state index in [2.05, 4.69) is 88.8 Å². The molecular formula is C19H6. The maximum atomic E-state index is 4.90. The van der Waals surface area contributed by atoms with Crippen molar-refractivity contribution in [2.45, 2.75) is 6.92 Å². The Balaban J connectivity index is 4.29. The average Bonchev–Trinajstić information content (AvgIpc) is 2.43. The maximum absolute atomic E-state index is 4.90.